The zero-order valence-corrected chi connectivity index (χ0v) is 8.09. The minimum Gasteiger partial charge on any atom is -0.493 e. The summed E-state index contributed by atoms with van der Waals surface area (Å²) in [6, 6.07) is 7.47. The van der Waals surface area contributed by atoms with Crippen molar-refractivity contribution in [1.29, 1.82) is 0 Å². The fourth-order valence-electron chi connectivity index (χ4n) is 1.76. The molecule has 1 aliphatic heterocycles. The molecule has 0 saturated carbocycles. The summed E-state index contributed by atoms with van der Waals surface area (Å²) >= 11 is 0. The quantitative estimate of drug-likeness (QED) is 0.750. The Morgan fingerprint density at radius 1 is 1.47 bits per heavy atom. The highest BCUT2D eigenvalue weighted by Crippen LogP contribution is 2.28. The van der Waals surface area contributed by atoms with Crippen LogP contribution in [0.1, 0.15) is 5.56 Å². The molecule has 0 spiro atoms. The summed E-state index contributed by atoms with van der Waals surface area (Å²) in [4.78, 5) is 10.6. The molecule has 0 bridgehead atoms. The number of hydrogen-bond acceptors (Lipinski definition) is 3. The Morgan fingerprint density at radius 3 is 2.93 bits per heavy atom. The van der Waals surface area contributed by atoms with Crippen molar-refractivity contribution in [2.24, 2.45) is 5.92 Å². The summed E-state index contributed by atoms with van der Waals surface area (Å²) < 4.78 is 5.38. The van der Waals surface area contributed by atoms with E-state index in [4.69, 9.17) is 9.84 Å². The third kappa shape index (κ3) is 1.94. The lowest BCUT2D eigenvalue weighted by Gasteiger charge is -2.26. The van der Waals surface area contributed by atoms with E-state index in [1.165, 1.54) is 0 Å². The molecule has 0 radical (unpaired) electrons. The number of carboxylic acids is 1. The molecule has 2 N–H and O–H groups in total. The van der Waals surface area contributed by atoms with Gasteiger partial charge in [0.2, 0.25) is 0 Å². The van der Waals surface area contributed by atoms with Crippen molar-refractivity contribution in [2.75, 3.05) is 6.61 Å². The Bertz CT molecular complexity index is 375. The lowest BCUT2D eigenvalue weighted by Crippen LogP contribution is -2.36. The van der Waals surface area contributed by atoms with Crippen LogP contribution in [0.2, 0.25) is 0 Å². The van der Waals surface area contributed by atoms with Crippen LogP contribution in [-0.2, 0) is 11.2 Å². The van der Waals surface area contributed by atoms with Crippen LogP contribution >= 0.6 is 0 Å². The maximum absolute atomic E-state index is 10.6. The third-order valence-corrected chi connectivity index (χ3v) is 2.61. The van der Waals surface area contributed by atoms with E-state index in [9.17, 15) is 9.90 Å². The number of aliphatic hydroxyl groups is 1. The Kier molecular flexibility index (Phi) is 2.60. The van der Waals surface area contributed by atoms with E-state index < -0.39 is 12.1 Å². The Morgan fingerprint density at radius 2 is 2.20 bits per heavy atom. The highest BCUT2D eigenvalue weighted by molar-refractivity contribution is 5.72. The third-order valence-electron chi connectivity index (χ3n) is 2.61. The number of para-hydroxylation sites is 1. The summed E-state index contributed by atoms with van der Waals surface area (Å²) in [6.45, 7) is 0.254. The molecule has 0 saturated heterocycles. The summed E-state index contributed by atoms with van der Waals surface area (Å²) in [5, 5.41) is 18.1. The number of aliphatic carboxylic acids is 1. The van der Waals surface area contributed by atoms with Gasteiger partial charge in [-0.25, -0.2) is 4.79 Å². The smallest absolute Gasteiger partial charge is 0.332 e. The maximum atomic E-state index is 10.6. The summed E-state index contributed by atoms with van der Waals surface area (Å²) in [5.74, 6) is -0.772. The number of aliphatic hydroxyl groups excluding tert-OH is 1. The highest BCUT2D eigenvalue weighted by atomic mass is 16.5. The number of benzene rings is 1. The SMILES string of the molecule is O=C(O)C(O)C1COc2ccccc2C1. The molecule has 0 aromatic heterocycles. The van der Waals surface area contributed by atoms with Gasteiger partial charge in [0.1, 0.15) is 5.75 Å². The van der Waals surface area contributed by atoms with E-state index in [1.807, 2.05) is 24.3 Å². The molecule has 1 aliphatic rings. The van der Waals surface area contributed by atoms with Gasteiger partial charge in [0.15, 0.2) is 6.10 Å². The molecule has 1 aromatic carbocycles. The Balaban J connectivity index is 2.15. The topological polar surface area (TPSA) is 66.8 Å². The van der Waals surface area contributed by atoms with E-state index in [0.717, 1.165) is 11.3 Å². The molecule has 2 rings (SSSR count). The molecule has 1 heterocycles. The van der Waals surface area contributed by atoms with Gasteiger partial charge in [-0.15, -0.1) is 0 Å². The normalized spacial score (nSPS) is 21.3. The lowest BCUT2D eigenvalue weighted by atomic mass is 9.92. The fourth-order valence-corrected chi connectivity index (χ4v) is 1.76. The van der Waals surface area contributed by atoms with Crippen LogP contribution < -0.4 is 4.74 Å². The van der Waals surface area contributed by atoms with Gasteiger partial charge in [0, 0.05) is 5.92 Å². The summed E-state index contributed by atoms with van der Waals surface area (Å²) in [7, 11) is 0. The number of ether oxygens (including phenoxy) is 1. The van der Waals surface area contributed by atoms with Gasteiger partial charge in [0.25, 0.3) is 0 Å². The van der Waals surface area contributed by atoms with Gasteiger partial charge in [-0.05, 0) is 18.1 Å². The van der Waals surface area contributed by atoms with Crippen molar-refractivity contribution in [3.8, 4) is 5.75 Å². The maximum Gasteiger partial charge on any atom is 0.332 e. The molecule has 4 heteroatoms. The van der Waals surface area contributed by atoms with E-state index in [2.05, 4.69) is 0 Å². The van der Waals surface area contributed by atoms with Gasteiger partial charge in [0.05, 0.1) is 6.61 Å². The van der Waals surface area contributed by atoms with Gasteiger partial charge in [-0.2, -0.15) is 0 Å². The minimum absolute atomic E-state index is 0.254. The van der Waals surface area contributed by atoms with Crippen LogP contribution in [0, 0.1) is 5.92 Å². The second kappa shape index (κ2) is 3.90. The number of rotatable bonds is 2. The lowest BCUT2D eigenvalue weighted by molar-refractivity contribution is -0.150. The van der Waals surface area contributed by atoms with Crippen molar-refractivity contribution in [3.63, 3.8) is 0 Å². The van der Waals surface area contributed by atoms with Crippen LogP contribution in [0.15, 0.2) is 24.3 Å². The van der Waals surface area contributed by atoms with E-state index in [0.29, 0.717) is 6.42 Å². The van der Waals surface area contributed by atoms with Crippen molar-refractivity contribution >= 4 is 5.97 Å². The largest absolute Gasteiger partial charge is 0.493 e. The molecule has 0 aliphatic carbocycles. The molecule has 2 atom stereocenters. The van der Waals surface area contributed by atoms with Gasteiger partial charge < -0.3 is 14.9 Å². The van der Waals surface area contributed by atoms with Crippen molar-refractivity contribution in [2.45, 2.75) is 12.5 Å². The molecular weight excluding hydrogens is 196 g/mol. The van der Waals surface area contributed by atoms with E-state index in [1.54, 1.807) is 0 Å². The zero-order chi connectivity index (χ0) is 10.8. The molecule has 0 amide bonds. The predicted octanol–water partition coefficient (Wildman–Crippen LogP) is 0.683. The van der Waals surface area contributed by atoms with Crippen molar-refractivity contribution in [1.82, 2.24) is 0 Å². The van der Waals surface area contributed by atoms with Crippen molar-refractivity contribution < 1.29 is 19.7 Å². The minimum atomic E-state index is -1.35. The number of carbonyl (C=O) groups is 1. The van der Waals surface area contributed by atoms with E-state index in [-0.39, 0.29) is 12.5 Å². The molecule has 2 unspecified atom stereocenters. The van der Waals surface area contributed by atoms with Crippen LogP contribution in [-0.4, -0.2) is 28.9 Å². The molecule has 1 aromatic rings. The Hall–Kier alpha value is -1.55. The first-order chi connectivity index (χ1) is 7.18. The summed E-state index contributed by atoms with van der Waals surface area (Å²) in [6.07, 6.45) is -0.803. The number of fused-ring (bicyclic) bond motifs is 1. The highest BCUT2D eigenvalue weighted by Gasteiger charge is 2.30. The van der Waals surface area contributed by atoms with Gasteiger partial charge in [-0.3, -0.25) is 0 Å². The molecule has 4 nitrogen and oxygen atoms in total. The van der Waals surface area contributed by atoms with Gasteiger partial charge >= 0.3 is 5.97 Å². The molecule has 15 heavy (non-hydrogen) atoms. The van der Waals surface area contributed by atoms with Crippen molar-refractivity contribution in [3.05, 3.63) is 29.8 Å². The predicted molar refractivity (Wildman–Crippen MR) is 52.8 cm³/mol. The first-order valence-electron chi connectivity index (χ1n) is 4.80. The first kappa shape index (κ1) is 9.98. The summed E-state index contributed by atoms with van der Waals surface area (Å²) in [5.41, 5.74) is 0.953. The Labute approximate surface area is 87.1 Å². The monoisotopic (exact) mass is 208 g/mol. The second-order valence-corrected chi connectivity index (χ2v) is 3.67. The van der Waals surface area contributed by atoms with Gasteiger partial charge in [-0.1, -0.05) is 18.2 Å². The molecule has 0 fully saturated rings. The van der Waals surface area contributed by atoms with Crippen LogP contribution in [0.3, 0.4) is 0 Å². The van der Waals surface area contributed by atoms with Crippen LogP contribution in [0.4, 0.5) is 0 Å². The van der Waals surface area contributed by atoms with Crippen LogP contribution in [0.25, 0.3) is 0 Å². The fraction of sp³-hybridized carbons (Fsp3) is 0.364. The number of hydrogen-bond donors (Lipinski definition) is 2. The zero-order valence-electron chi connectivity index (χ0n) is 8.09. The molecule has 80 valence electrons. The standard InChI is InChI=1S/C11H12O4/c12-10(11(13)14)8-5-7-3-1-2-4-9(7)15-6-8/h1-4,8,10,12H,5-6H2,(H,13,14). The van der Waals surface area contributed by atoms with E-state index >= 15 is 0 Å². The second-order valence-electron chi connectivity index (χ2n) is 3.67. The van der Waals surface area contributed by atoms with Crippen LogP contribution in [0.5, 0.6) is 5.75 Å². The average Bonchev–Trinajstić information content (AvgIpc) is 2.27. The first-order valence-corrected chi connectivity index (χ1v) is 4.80. The number of carboxylic acid groups (broad SMARTS) is 1. The molecular formula is C11H12O4. The average molecular weight is 208 g/mol.